The average Bonchev–Trinajstić information content (AvgIpc) is 2.85. The number of anilines is 1. The quantitative estimate of drug-likeness (QED) is 0.633. The van der Waals surface area contributed by atoms with Crippen LogP contribution in [-0.2, 0) is 4.79 Å². The van der Waals surface area contributed by atoms with Crippen molar-refractivity contribution in [3.8, 4) is 11.5 Å². The molecule has 1 N–H and O–H groups in total. The third-order valence-corrected chi connectivity index (χ3v) is 4.94. The van der Waals surface area contributed by atoms with Crippen molar-refractivity contribution in [1.29, 1.82) is 0 Å². The molecule has 2 aromatic rings. The molecule has 4 nitrogen and oxygen atoms in total. The van der Waals surface area contributed by atoms with Gasteiger partial charge in [-0.1, -0.05) is 42.2 Å². The first-order valence-corrected chi connectivity index (χ1v) is 9.02. The van der Waals surface area contributed by atoms with Gasteiger partial charge >= 0.3 is 0 Å². The Morgan fingerprint density at radius 3 is 2.80 bits per heavy atom. The number of rotatable bonds is 4. The Morgan fingerprint density at radius 2 is 2.08 bits per heavy atom. The minimum atomic E-state index is -0.147. The zero-order chi connectivity index (χ0) is 18.0. The molecule has 0 bridgehead atoms. The molecule has 6 heteroatoms. The maximum atomic E-state index is 12.8. The standard InChI is InChI=1S/C19H17NO3S2/c1-3-23-16-10-13(7-8-15(16)21)11-17-18(22)20(19(24)25-17)14-6-4-5-12(2)9-14/h4-11,21H,3H2,1-2H3/b17-11-. The maximum absolute atomic E-state index is 12.8. The zero-order valence-corrected chi connectivity index (χ0v) is 15.5. The molecule has 3 rings (SSSR count). The number of amides is 1. The summed E-state index contributed by atoms with van der Waals surface area (Å²) in [7, 11) is 0. The highest BCUT2D eigenvalue weighted by Crippen LogP contribution is 2.37. The second kappa shape index (κ2) is 7.29. The smallest absolute Gasteiger partial charge is 0.270 e. The van der Waals surface area contributed by atoms with Crippen molar-refractivity contribution in [2.24, 2.45) is 0 Å². The van der Waals surface area contributed by atoms with Crippen LogP contribution in [-0.4, -0.2) is 21.9 Å². The van der Waals surface area contributed by atoms with E-state index in [1.165, 1.54) is 11.8 Å². The van der Waals surface area contributed by atoms with Crippen LogP contribution < -0.4 is 9.64 Å². The molecule has 1 saturated heterocycles. The predicted octanol–water partition coefficient (Wildman–Crippen LogP) is 4.51. The first-order valence-electron chi connectivity index (χ1n) is 7.80. The van der Waals surface area contributed by atoms with Gasteiger partial charge in [0.2, 0.25) is 0 Å². The van der Waals surface area contributed by atoms with E-state index in [2.05, 4.69) is 0 Å². The number of phenolic OH excluding ortho intramolecular Hbond substituents is 1. The third kappa shape index (κ3) is 3.70. The minimum absolute atomic E-state index is 0.0753. The molecule has 0 saturated carbocycles. The first-order chi connectivity index (χ1) is 12.0. The molecule has 0 aliphatic carbocycles. The Kier molecular flexibility index (Phi) is 5.11. The molecule has 1 aliphatic heterocycles. The van der Waals surface area contributed by atoms with E-state index < -0.39 is 0 Å². The van der Waals surface area contributed by atoms with Crippen LogP contribution >= 0.6 is 24.0 Å². The van der Waals surface area contributed by atoms with E-state index in [1.54, 1.807) is 29.2 Å². The summed E-state index contributed by atoms with van der Waals surface area (Å²) in [6.07, 6.45) is 1.76. The Morgan fingerprint density at radius 1 is 1.28 bits per heavy atom. The summed E-state index contributed by atoms with van der Waals surface area (Å²) in [6, 6.07) is 12.7. The summed E-state index contributed by atoms with van der Waals surface area (Å²) in [5, 5.41) is 9.79. The van der Waals surface area contributed by atoms with Crippen molar-refractivity contribution in [1.82, 2.24) is 0 Å². The number of ether oxygens (including phenoxy) is 1. The van der Waals surface area contributed by atoms with E-state index in [1.807, 2.05) is 38.1 Å². The fourth-order valence-corrected chi connectivity index (χ4v) is 3.80. The first kappa shape index (κ1) is 17.5. The Labute approximate surface area is 156 Å². The molecule has 0 unspecified atom stereocenters. The molecule has 25 heavy (non-hydrogen) atoms. The lowest BCUT2D eigenvalue weighted by Gasteiger charge is -2.14. The van der Waals surface area contributed by atoms with Gasteiger partial charge in [-0.2, -0.15) is 0 Å². The van der Waals surface area contributed by atoms with Crippen molar-refractivity contribution >= 4 is 46.0 Å². The van der Waals surface area contributed by atoms with Crippen molar-refractivity contribution in [3.63, 3.8) is 0 Å². The largest absolute Gasteiger partial charge is 0.504 e. The number of aromatic hydroxyl groups is 1. The molecule has 2 aromatic carbocycles. The number of thiocarbonyl (C=S) groups is 1. The summed E-state index contributed by atoms with van der Waals surface area (Å²) in [5.74, 6) is 0.323. The molecule has 0 spiro atoms. The second-order valence-corrected chi connectivity index (χ2v) is 7.19. The lowest BCUT2D eigenvalue weighted by Crippen LogP contribution is -2.27. The van der Waals surface area contributed by atoms with E-state index >= 15 is 0 Å². The van der Waals surface area contributed by atoms with Crippen LogP contribution in [0.2, 0.25) is 0 Å². The van der Waals surface area contributed by atoms with Gasteiger partial charge < -0.3 is 9.84 Å². The molecule has 1 heterocycles. The van der Waals surface area contributed by atoms with Crippen molar-refractivity contribution in [2.45, 2.75) is 13.8 Å². The van der Waals surface area contributed by atoms with Gasteiger partial charge in [-0.25, -0.2) is 0 Å². The van der Waals surface area contributed by atoms with Gasteiger partial charge in [-0.15, -0.1) is 0 Å². The Hall–Kier alpha value is -2.31. The van der Waals surface area contributed by atoms with E-state index in [0.29, 0.717) is 21.6 Å². The number of phenols is 1. The molecule has 1 amide bonds. The summed E-state index contributed by atoms with van der Waals surface area (Å²) >= 11 is 6.65. The van der Waals surface area contributed by atoms with Gasteiger partial charge in [0, 0.05) is 0 Å². The normalized spacial score (nSPS) is 15.9. The van der Waals surface area contributed by atoms with Crippen LogP contribution in [0.3, 0.4) is 0 Å². The van der Waals surface area contributed by atoms with Gasteiger partial charge in [0.25, 0.3) is 5.91 Å². The van der Waals surface area contributed by atoms with Gasteiger partial charge in [0.05, 0.1) is 17.2 Å². The highest BCUT2D eigenvalue weighted by atomic mass is 32.2. The van der Waals surface area contributed by atoms with Crippen molar-refractivity contribution in [2.75, 3.05) is 11.5 Å². The van der Waals surface area contributed by atoms with Crippen LogP contribution in [0.1, 0.15) is 18.1 Å². The molecular weight excluding hydrogens is 354 g/mol. The Balaban J connectivity index is 1.92. The van der Waals surface area contributed by atoms with Crippen LogP contribution in [0.25, 0.3) is 6.08 Å². The highest BCUT2D eigenvalue weighted by molar-refractivity contribution is 8.27. The third-order valence-electron chi connectivity index (χ3n) is 3.64. The number of thioether (sulfide) groups is 1. The number of aryl methyl sites for hydroxylation is 1. The SMILES string of the molecule is CCOc1cc(/C=C2\SC(=S)N(c3cccc(C)c3)C2=O)ccc1O. The van der Waals surface area contributed by atoms with Gasteiger partial charge in [-0.3, -0.25) is 9.69 Å². The molecule has 128 valence electrons. The summed E-state index contributed by atoms with van der Waals surface area (Å²) in [5.41, 5.74) is 2.60. The number of carbonyl (C=O) groups excluding carboxylic acids is 1. The lowest BCUT2D eigenvalue weighted by molar-refractivity contribution is -0.113. The summed E-state index contributed by atoms with van der Waals surface area (Å²) in [6.45, 7) is 4.27. The summed E-state index contributed by atoms with van der Waals surface area (Å²) < 4.78 is 5.89. The molecular formula is C19H17NO3S2. The molecule has 0 radical (unpaired) electrons. The zero-order valence-electron chi connectivity index (χ0n) is 13.9. The molecule has 1 aliphatic rings. The van der Waals surface area contributed by atoms with Gasteiger partial charge in [0.1, 0.15) is 0 Å². The van der Waals surface area contributed by atoms with E-state index in [0.717, 1.165) is 16.8 Å². The van der Waals surface area contributed by atoms with E-state index in [-0.39, 0.29) is 11.7 Å². The number of hydrogen-bond acceptors (Lipinski definition) is 5. The van der Waals surface area contributed by atoms with Crippen molar-refractivity contribution in [3.05, 3.63) is 58.5 Å². The van der Waals surface area contributed by atoms with Crippen molar-refractivity contribution < 1.29 is 14.6 Å². The van der Waals surface area contributed by atoms with Gasteiger partial charge in [0.15, 0.2) is 15.8 Å². The average molecular weight is 371 g/mol. The molecule has 0 atom stereocenters. The number of benzene rings is 2. The Bertz CT molecular complexity index is 877. The second-order valence-electron chi connectivity index (χ2n) is 5.52. The summed E-state index contributed by atoms with van der Waals surface area (Å²) in [4.78, 5) is 14.9. The maximum Gasteiger partial charge on any atom is 0.270 e. The fraction of sp³-hybridized carbons (Fsp3) is 0.158. The topological polar surface area (TPSA) is 49.8 Å². The van der Waals surface area contributed by atoms with E-state index in [4.69, 9.17) is 17.0 Å². The highest BCUT2D eigenvalue weighted by Gasteiger charge is 2.33. The van der Waals surface area contributed by atoms with E-state index in [9.17, 15) is 9.90 Å². The molecule has 0 aromatic heterocycles. The van der Waals surface area contributed by atoms with Crippen LogP contribution in [0.5, 0.6) is 11.5 Å². The molecule has 1 fully saturated rings. The number of carbonyl (C=O) groups is 1. The van der Waals surface area contributed by atoms with Crippen LogP contribution in [0.15, 0.2) is 47.4 Å². The van der Waals surface area contributed by atoms with Crippen LogP contribution in [0, 0.1) is 6.92 Å². The lowest BCUT2D eigenvalue weighted by atomic mass is 10.1. The fourth-order valence-electron chi connectivity index (χ4n) is 2.50. The number of nitrogens with zero attached hydrogens (tertiary/aromatic N) is 1. The predicted molar refractivity (Wildman–Crippen MR) is 106 cm³/mol. The van der Waals surface area contributed by atoms with Gasteiger partial charge in [-0.05, 0) is 55.3 Å². The minimum Gasteiger partial charge on any atom is -0.504 e. The number of hydrogen-bond donors (Lipinski definition) is 1. The van der Waals surface area contributed by atoms with Crippen LogP contribution in [0.4, 0.5) is 5.69 Å². The monoisotopic (exact) mass is 371 g/mol.